The highest BCUT2D eigenvalue weighted by Crippen LogP contribution is 2.43. The van der Waals surface area contributed by atoms with Crippen molar-refractivity contribution in [3.63, 3.8) is 0 Å². The minimum atomic E-state index is -5.08. The van der Waals surface area contributed by atoms with Crippen molar-refractivity contribution in [2.45, 2.75) is 38.5 Å². The van der Waals surface area contributed by atoms with Gasteiger partial charge in [0, 0.05) is 19.7 Å². The van der Waals surface area contributed by atoms with Crippen LogP contribution in [0, 0.1) is 6.92 Å². The highest BCUT2D eigenvalue weighted by Gasteiger charge is 2.42. The second-order valence-electron chi connectivity index (χ2n) is 12.1. The standard InChI is InChI=1S/C31H35F6N4O5P/c1-20-9-7-8-10-24(20)25-18-27(40-11-13-41(5,14-12-40)46-47(43,44)45-6)38-19-26(25)39(4)28(42)29(2,3)21-15-22(30(32,33)34)17-23(16-21)31(35,36)37/h7-10,15-19H,11-14H2,1-6H3. The summed E-state index contributed by atoms with van der Waals surface area (Å²) >= 11 is 0. The number of halogens is 6. The van der Waals surface area contributed by atoms with E-state index in [9.17, 15) is 40.6 Å². The average Bonchev–Trinajstić information content (AvgIpc) is 2.99. The number of amides is 1. The van der Waals surface area contributed by atoms with Crippen LogP contribution in [0.25, 0.3) is 11.1 Å². The molecule has 0 N–H and O–H groups in total. The predicted molar refractivity (Wildman–Crippen MR) is 161 cm³/mol. The number of alkyl halides is 6. The van der Waals surface area contributed by atoms with E-state index in [2.05, 4.69) is 9.51 Å². The molecule has 1 aliphatic rings. The molecule has 1 atom stereocenters. The van der Waals surface area contributed by atoms with E-state index in [-0.39, 0.29) is 29.5 Å². The second-order valence-corrected chi connectivity index (χ2v) is 13.5. The van der Waals surface area contributed by atoms with Crippen molar-refractivity contribution < 1.29 is 54.4 Å². The molecule has 1 unspecified atom stereocenters. The molecule has 0 aliphatic carbocycles. The SMILES string of the molecule is COP(=O)([O-])O[N+]1(C)CCN(c2cc(-c3ccccc3C)c(N(C)C(=O)C(C)(C)c3cc(C(F)(F)F)cc(C(F)(F)F)c3)cn2)CC1. The van der Waals surface area contributed by atoms with E-state index in [1.54, 1.807) is 19.2 Å². The third kappa shape index (κ3) is 7.98. The predicted octanol–water partition coefficient (Wildman–Crippen LogP) is 6.35. The number of anilines is 2. The minimum Gasteiger partial charge on any atom is -0.752 e. The largest absolute Gasteiger partial charge is 0.752 e. The summed E-state index contributed by atoms with van der Waals surface area (Å²) < 4.78 is 103. The lowest BCUT2D eigenvalue weighted by Gasteiger charge is -2.41. The maximum atomic E-state index is 14.0. The van der Waals surface area contributed by atoms with Crippen LogP contribution < -0.4 is 14.7 Å². The molecule has 47 heavy (non-hydrogen) atoms. The first-order valence-corrected chi connectivity index (χ1v) is 15.9. The molecule has 1 amide bonds. The number of hydroxylamine groups is 3. The molecule has 0 radical (unpaired) electrons. The molecule has 9 nitrogen and oxygen atoms in total. The van der Waals surface area contributed by atoms with Crippen molar-refractivity contribution in [1.82, 2.24) is 4.98 Å². The Kier molecular flexibility index (Phi) is 9.94. The van der Waals surface area contributed by atoms with E-state index >= 15 is 0 Å². The first kappa shape index (κ1) is 36.3. The molecule has 2 aromatic carbocycles. The Morgan fingerprint density at radius 1 is 0.957 bits per heavy atom. The Labute approximate surface area is 268 Å². The minimum absolute atomic E-state index is 0.0256. The van der Waals surface area contributed by atoms with Gasteiger partial charge in [0.2, 0.25) is 5.91 Å². The highest BCUT2D eigenvalue weighted by atomic mass is 31.2. The number of quaternary nitrogens is 1. The van der Waals surface area contributed by atoms with Gasteiger partial charge in [0.1, 0.15) is 18.9 Å². The van der Waals surface area contributed by atoms with Crippen LogP contribution in [-0.4, -0.2) is 62.9 Å². The number of hydrogen-bond acceptors (Lipinski definition) is 7. The number of pyridine rings is 1. The quantitative estimate of drug-likeness (QED) is 0.155. The lowest BCUT2D eigenvalue weighted by atomic mass is 9.81. The van der Waals surface area contributed by atoms with Crippen molar-refractivity contribution in [3.8, 4) is 11.1 Å². The molecule has 4 rings (SSSR count). The number of rotatable bonds is 8. The molecule has 0 spiro atoms. The van der Waals surface area contributed by atoms with Gasteiger partial charge in [-0.2, -0.15) is 31.0 Å². The van der Waals surface area contributed by atoms with Gasteiger partial charge in [-0.1, -0.05) is 24.3 Å². The van der Waals surface area contributed by atoms with Gasteiger partial charge in [-0.15, -0.1) is 4.62 Å². The van der Waals surface area contributed by atoms with Crippen molar-refractivity contribution in [3.05, 3.63) is 77.0 Å². The van der Waals surface area contributed by atoms with Gasteiger partial charge >= 0.3 is 20.2 Å². The Bertz CT molecular complexity index is 1660. The average molecular weight is 689 g/mol. The van der Waals surface area contributed by atoms with Gasteiger partial charge < -0.3 is 19.2 Å². The third-order valence-corrected chi connectivity index (χ3v) is 9.39. The van der Waals surface area contributed by atoms with Crippen LogP contribution in [0.15, 0.2) is 54.7 Å². The summed E-state index contributed by atoms with van der Waals surface area (Å²) in [4.78, 5) is 33.6. The summed E-state index contributed by atoms with van der Waals surface area (Å²) in [5.41, 5.74) is -2.93. The second kappa shape index (κ2) is 12.8. The zero-order valence-corrected chi connectivity index (χ0v) is 27.5. The van der Waals surface area contributed by atoms with E-state index in [1.165, 1.54) is 32.0 Å². The Morgan fingerprint density at radius 2 is 1.49 bits per heavy atom. The van der Waals surface area contributed by atoms with Gasteiger partial charge in [-0.05, 0) is 61.7 Å². The number of benzene rings is 2. The number of likely N-dealkylation sites (N-methyl/N-ethyl adjacent to an activating group) is 2. The van der Waals surface area contributed by atoms with Gasteiger partial charge in [0.05, 0.1) is 48.6 Å². The summed E-state index contributed by atoms with van der Waals surface area (Å²) in [6.07, 6.45) is -8.73. The molecule has 16 heteroatoms. The molecule has 1 fully saturated rings. The number of aryl methyl sites for hydroxylation is 1. The van der Waals surface area contributed by atoms with Crippen LogP contribution in [0.3, 0.4) is 0 Å². The fourth-order valence-corrected chi connectivity index (χ4v) is 6.12. The highest BCUT2D eigenvalue weighted by molar-refractivity contribution is 7.45. The summed E-state index contributed by atoms with van der Waals surface area (Å²) in [7, 11) is -0.488. The zero-order valence-electron chi connectivity index (χ0n) is 26.6. The summed E-state index contributed by atoms with van der Waals surface area (Å²) in [6, 6.07) is 10.2. The Hall–Kier alpha value is -3.49. The maximum Gasteiger partial charge on any atom is 0.416 e. The van der Waals surface area contributed by atoms with Crippen LogP contribution in [0.5, 0.6) is 0 Å². The lowest BCUT2D eigenvalue weighted by molar-refractivity contribution is -1.07. The normalized spacial score (nSPS) is 16.9. The van der Waals surface area contributed by atoms with Gasteiger partial charge in [-0.25, -0.2) is 4.98 Å². The number of piperazine rings is 1. The third-order valence-electron chi connectivity index (χ3n) is 8.34. The molecular weight excluding hydrogens is 653 g/mol. The molecule has 1 aromatic heterocycles. The van der Waals surface area contributed by atoms with Crippen LogP contribution in [0.1, 0.15) is 36.1 Å². The van der Waals surface area contributed by atoms with E-state index < -0.39 is 48.2 Å². The molecular formula is C31H35F6N4O5P. The number of carbonyl (C=O) groups excluding carboxylic acids is 1. The first-order valence-electron chi connectivity index (χ1n) is 14.4. The number of phosphoric ester groups is 1. The zero-order chi connectivity index (χ0) is 35.2. The first-order chi connectivity index (χ1) is 21.6. The maximum absolute atomic E-state index is 14.0. The Balaban J connectivity index is 1.73. The molecule has 2 heterocycles. The smallest absolute Gasteiger partial charge is 0.416 e. The molecule has 1 aliphatic heterocycles. The number of phosphoric acid groups is 1. The molecule has 3 aromatic rings. The number of aromatic nitrogens is 1. The molecule has 256 valence electrons. The summed E-state index contributed by atoms with van der Waals surface area (Å²) in [5, 5.41) is 0. The van der Waals surface area contributed by atoms with Crippen molar-refractivity contribution in [2.24, 2.45) is 0 Å². The van der Waals surface area contributed by atoms with Crippen LogP contribution in [0.2, 0.25) is 0 Å². The van der Waals surface area contributed by atoms with Gasteiger partial charge in [0.25, 0.3) is 0 Å². The number of hydrogen-bond donors (Lipinski definition) is 0. The van der Waals surface area contributed by atoms with Crippen molar-refractivity contribution in [1.29, 1.82) is 0 Å². The molecule has 0 saturated carbocycles. The lowest BCUT2D eigenvalue weighted by Crippen LogP contribution is -2.57. The van der Waals surface area contributed by atoms with Gasteiger partial charge in [0.15, 0.2) is 0 Å². The molecule has 0 bridgehead atoms. The van der Waals surface area contributed by atoms with Crippen LogP contribution in [0.4, 0.5) is 37.8 Å². The number of nitrogens with zero attached hydrogens (tertiary/aromatic N) is 4. The van der Waals surface area contributed by atoms with E-state index in [0.29, 0.717) is 36.6 Å². The summed E-state index contributed by atoms with van der Waals surface area (Å²) in [6.45, 7) is 5.62. The topological polar surface area (TPSA) is 95.0 Å². The van der Waals surface area contributed by atoms with Gasteiger partial charge in [-0.3, -0.25) is 9.36 Å². The van der Waals surface area contributed by atoms with E-state index in [1.807, 2.05) is 30.0 Å². The Morgan fingerprint density at radius 3 is 2.00 bits per heavy atom. The van der Waals surface area contributed by atoms with Crippen molar-refractivity contribution in [2.75, 3.05) is 57.2 Å². The van der Waals surface area contributed by atoms with Crippen LogP contribution >= 0.6 is 7.82 Å². The fourth-order valence-electron chi connectivity index (χ4n) is 5.41. The molecule has 1 saturated heterocycles. The monoisotopic (exact) mass is 688 g/mol. The summed E-state index contributed by atoms with van der Waals surface area (Å²) in [5.74, 6) is -0.263. The fraction of sp³-hybridized carbons (Fsp3) is 0.419. The van der Waals surface area contributed by atoms with Crippen LogP contribution in [-0.2, 0) is 36.3 Å². The van der Waals surface area contributed by atoms with E-state index in [4.69, 9.17) is 4.62 Å². The van der Waals surface area contributed by atoms with Crippen molar-refractivity contribution >= 4 is 25.2 Å². The van der Waals surface area contributed by atoms with E-state index in [0.717, 1.165) is 18.2 Å². The number of carbonyl (C=O) groups is 1.